The summed E-state index contributed by atoms with van der Waals surface area (Å²) in [5.41, 5.74) is 1.25. The SMILES string of the molecule is CCCCCCCCNC(=O)c1ccc(NC(=O)C(C(=O)c2oc(C)nc2C)N2C(=O)C(OCC)N(Cc3ccccc3)C2=O)c(Cl)c1. The Bertz CT molecular complexity index is 1630. The van der Waals surface area contributed by atoms with E-state index in [9.17, 15) is 24.0 Å². The normalized spacial score (nSPS) is 15.1. The molecule has 1 aliphatic rings. The topological polar surface area (TPSA) is 151 Å². The molecule has 2 atom stereocenters. The number of hydrogen-bond acceptors (Lipinski definition) is 8. The van der Waals surface area contributed by atoms with E-state index in [1.54, 1.807) is 31.2 Å². The standard InChI is InChI=1S/C35H42ClN5O7/c1-5-7-8-9-10-14-19-37-31(43)25-17-18-27(26(36)20-25)39-32(44)28(29(42)30-22(3)38-23(4)48-30)41-33(45)34(47-6-2)40(35(41)46)21-24-15-12-11-13-16-24/h11-13,15-18,20,28,34H,5-10,14,19,21H2,1-4H3,(H,37,43)(H,39,44). The molecule has 2 heterocycles. The lowest BCUT2D eigenvalue weighted by Crippen LogP contribution is -2.52. The van der Waals surface area contributed by atoms with Crippen LogP contribution in [0.5, 0.6) is 0 Å². The number of nitrogens with zero attached hydrogens (tertiary/aromatic N) is 3. The highest BCUT2D eigenvalue weighted by Crippen LogP contribution is 2.29. The first-order valence-corrected chi connectivity index (χ1v) is 16.6. The maximum Gasteiger partial charge on any atom is 0.330 e. The molecule has 2 unspecified atom stereocenters. The van der Waals surface area contributed by atoms with E-state index in [4.69, 9.17) is 20.8 Å². The van der Waals surface area contributed by atoms with E-state index in [1.807, 2.05) is 6.07 Å². The van der Waals surface area contributed by atoms with Crippen LogP contribution >= 0.6 is 11.6 Å². The van der Waals surface area contributed by atoms with Crippen LogP contribution in [0.2, 0.25) is 5.02 Å². The summed E-state index contributed by atoms with van der Waals surface area (Å²) in [5, 5.41) is 5.46. The van der Waals surface area contributed by atoms with Crippen molar-refractivity contribution in [1.82, 2.24) is 20.1 Å². The van der Waals surface area contributed by atoms with Crippen molar-refractivity contribution >= 4 is 46.8 Å². The summed E-state index contributed by atoms with van der Waals surface area (Å²) in [7, 11) is 0. The van der Waals surface area contributed by atoms with Crippen molar-refractivity contribution in [2.75, 3.05) is 18.5 Å². The highest BCUT2D eigenvalue weighted by atomic mass is 35.5. The van der Waals surface area contributed by atoms with E-state index >= 15 is 0 Å². The number of ether oxygens (including phenoxy) is 1. The number of halogens is 1. The monoisotopic (exact) mass is 679 g/mol. The minimum Gasteiger partial charge on any atom is -0.438 e. The smallest absolute Gasteiger partial charge is 0.330 e. The van der Waals surface area contributed by atoms with Crippen LogP contribution in [0.4, 0.5) is 10.5 Å². The van der Waals surface area contributed by atoms with Crippen LogP contribution in [0.1, 0.15) is 90.4 Å². The van der Waals surface area contributed by atoms with Crippen molar-refractivity contribution in [2.45, 2.75) is 85.0 Å². The molecular weight excluding hydrogens is 638 g/mol. The van der Waals surface area contributed by atoms with Crippen LogP contribution in [0.15, 0.2) is 52.9 Å². The van der Waals surface area contributed by atoms with Gasteiger partial charge in [0.15, 0.2) is 17.7 Å². The van der Waals surface area contributed by atoms with Crippen molar-refractivity contribution in [2.24, 2.45) is 0 Å². The van der Waals surface area contributed by atoms with Crippen LogP contribution in [0, 0.1) is 13.8 Å². The summed E-state index contributed by atoms with van der Waals surface area (Å²) < 4.78 is 11.2. The Labute approximate surface area is 285 Å². The largest absolute Gasteiger partial charge is 0.438 e. The fourth-order valence-electron chi connectivity index (χ4n) is 5.48. The number of anilines is 1. The van der Waals surface area contributed by atoms with Crippen LogP contribution in [-0.4, -0.2) is 69.7 Å². The first-order chi connectivity index (χ1) is 23.1. The van der Waals surface area contributed by atoms with Gasteiger partial charge in [0.05, 0.1) is 22.9 Å². The Morgan fingerprint density at radius 3 is 2.35 bits per heavy atom. The zero-order valence-electron chi connectivity index (χ0n) is 27.7. The third-order valence-electron chi connectivity index (χ3n) is 7.89. The minimum atomic E-state index is -1.99. The Hall–Kier alpha value is -4.55. The fourth-order valence-corrected chi connectivity index (χ4v) is 5.71. The number of carbonyl (C=O) groups excluding carboxylic acids is 5. The predicted octanol–water partition coefficient (Wildman–Crippen LogP) is 6.05. The van der Waals surface area contributed by atoms with E-state index in [0.29, 0.717) is 17.0 Å². The van der Waals surface area contributed by atoms with Gasteiger partial charge in [-0.15, -0.1) is 0 Å². The van der Waals surface area contributed by atoms with Gasteiger partial charge in [-0.1, -0.05) is 81.0 Å². The quantitative estimate of drug-likeness (QED) is 0.0757. The molecule has 3 aromatic rings. The lowest BCUT2D eigenvalue weighted by molar-refractivity contribution is -0.144. The van der Waals surface area contributed by atoms with Crippen LogP contribution in [-0.2, 0) is 20.9 Å². The Morgan fingerprint density at radius 2 is 1.71 bits per heavy atom. The number of imide groups is 1. The lowest BCUT2D eigenvalue weighted by atomic mass is 10.1. The molecule has 0 saturated carbocycles. The van der Waals surface area contributed by atoms with E-state index in [2.05, 4.69) is 22.5 Å². The number of nitrogens with one attached hydrogen (secondary N) is 2. The van der Waals surface area contributed by atoms with Gasteiger partial charge in [0, 0.05) is 25.6 Å². The third kappa shape index (κ3) is 8.67. The van der Waals surface area contributed by atoms with Crippen molar-refractivity contribution in [3.05, 3.63) is 82.0 Å². The first-order valence-electron chi connectivity index (χ1n) is 16.2. The number of Topliss-reactive ketones (excluding diaryl/α,β-unsaturated/α-hetero) is 1. The summed E-state index contributed by atoms with van der Waals surface area (Å²) >= 11 is 6.49. The van der Waals surface area contributed by atoms with Crippen molar-refractivity contribution < 1.29 is 33.1 Å². The van der Waals surface area contributed by atoms with Crippen LogP contribution in [0.25, 0.3) is 0 Å². The van der Waals surface area contributed by atoms with E-state index in [0.717, 1.165) is 19.3 Å². The average Bonchev–Trinajstić information content (AvgIpc) is 3.52. The second kappa shape index (κ2) is 17.0. The Morgan fingerprint density at radius 1 is 1.00 bits per heavy atom. The molecule has 0 spiro atoms. The number of hydrogen-bond donors (Lipinski definition) is 2. The fraction of sp³-hybridized carbons (Fsp3) is 0.429. The molecule has 1 aliphatic heterocycles. The van der Waals surface area contributed by atoms with Gasteiger partial charge in [0.2, 0.25) is 12.0 Å². The molecule has 48 heavy (non-hydrogen) atoms. The molecule has 0 aliphatic carbocycles. The lowest BCUT2D eigenvalue weighted by Gasteiger charge is -2.24. The zero-order chi connectivity index (χ0) is 34.8. The van der Waals surface area contributed by atoms with Crippen LogP contribution in [0.3, 0.4) is 0 Å². The summed E-state index contributed by atoms with van der Waals surface area (Å²) in [6, 6.07) is 10.4. The average molecular weight is 680 g/mol. The van der Waals surface area contributed by atoms with Gasteiger partial charge >= 0.3 is 6.03 Å². The second-order valence-electron chi connectivity index (χ2n) is 11.5. The Balaban J connectivity index is 1.57. The molecule has 13 heteroatoms. The second-order valence-corrected chi connectivity index (χ2v) is 11.9. The number of amides is 5. The van der Waals surface area contributed by atoms with Crippen molar-refractivity contribution in [3.63, 3.8) is 0 Å². The van der Waals surface area contributed by atoms with Crippen molar-refractivity contribution in [3.8, 4) is 0 Å². The molecule has 256 valence electrons. The number of carbonyl (C=O) groups is 5. The number of aryl methyl sites for hydroxylation is 2. The van der Waals surface area contributed by atoms with E-state index in [1.165, 1.54) is 56.2 Å². The molecule has 1 fully saturated rings. The first kappa shape index (κ1) is 36.3. The van der Waals surface area contributed by atoms with Crippen LogP contribution < -0.4 is 10.6 Å². The number of ketones is 1. The molecule has 2 aromatic carbocycles. The summed E-state index contributed by atoms with van der Waals surface area (Å²) in [5.74, 6) is -3.28. The highest BCUT2D eigenvalue weighted by molar-refractivity contribution is 6.34. The van der Waals surface area contributed by atoms with Gasteiger partial charge in [-0.05, 0) is 44.0 Å². The Kier molecular flexibility index (Phi) is 12.9. The van der Waals surface area contributed by atoms with E-state index in [-0.39, 0.29) is 52.7 Å². The van der Waals surface area contributed by atoms with Gasteiger partial charge in [-0.2, -0.15) is 0 Å². The number of unbranched alkanes of at least 4 members (excludes halogenated alkanes) is 5. The number of aromatic nitrogens is 1. The van der Waals surface area contributed by atoms with Gasteiger partial charge in [-0.3, -0.25) is 24.1 Å². The minimum absolute atomic E-state index is 0.0102. The number of benzene rings is 2. The van der Waals surface area contributed by atoms with Gasteiger partial charge in [0.1, 0.15) is 0 Å². The molecule has 1 saturated heterocycles. The molecule has 12 nitrogen and oxygen atoms in total. The molecule has 1 aromatic heterocycles. The third-order valence-corrected chi connectivity index (χ3v) is 8.20. The number of rotatable bonds is 17. The number of oxazole rings is 1. The molecule has 0 bridgehead atoms. The van der Waals surface area contributed by atoms with Gasteiger partial charge < -0.3 is 19.8 Å². The summed E-state index contributed by atoms with van der Waals surface area (Å²) in [6.07, 6.45) is 5.18. The molecule has 2 N–H and O–H groups in total. The maximum atomic E-state index is 14.0. The zero-order valence-corrected chi connectivity index (χ0v) is 28.5. The van der Waals surface area contributed by atoms with E-state index < -0.39 is 35.9 Å². The van der Waals surface area contributed by atoms with Gasteiger partial charge in [0.25, 0.3) is 17.7 Å². The predicted molar refractivity (Wildman–Crippen MR) is 180 cm³/mol. The van der Waals surface area contributed by atoms with Gasteiger partial charge in [-0.25, -0.2) is 14.7 Å². The maximum absolute atomic E-state index is 14.0. The molecular formula is C35H42ClN5O7. The highest BCUT2D eigenvalue weighted by Gasteiger charge is 2.53. The molecule has 0 radical (unpaired) electrons. The summed E-state index contributed by atoms with van der Waals surface area (Å²) in [4.78, 5) is 74.2. The number of urea groups is 1. The molecule has 4 rings (SSSR count). The molecule has 5 amide bonds. The summed E-state index contributed by atoms with van der Waals surface area (Å²) in [6.45, 7) is 7.47. The van der Waals surface area contributed by atoms with Crippen molar-refractivity contribution in [1.29, 1.82) is 0 Å².